The van der Waals surface area contributed by atoms with E-state index in [2.05, 4.69) is 27.8 Å². The molecule has 21 heavy (non-hydrogen) atoms. The van der Waals surface area contributed by atoms with Crippen molar-refractivity contribution in [2.75, 3.05) is 12.4 Å². The first-order chi connectivity index (χ1) is 9.86. The lowest BCUT2D eigenvalue weighted by Gasteiger charge is -2.17. The van der Waals surface area contributed by atoms with Gasteiger partial charge < -0.3 is 5.32 Å². The van der Waals surface area contributed by atoms with Crippen molar-refractivity contribution in [1.82, 2.24) is 0 Å². The van der Waals surface area contributed by atoms with Gasteiger partial charge in [0, 0.05) is 17.1 Å². The lowest BCUT2D eigenvalue weighted by molar-refractivity contribution is -0.137. The number of anilines is 1. The molecule has 2 aromatic rings. The van der Waals surface area contributed by atoms with Crippen LogP contribution in [0.4, 0.5) is 18.9 Å². The number of nitrogens with one attached hydrogen (secondary N) is 1. The Morgan fingerprint density at radius 3 is 2.29 bits per heavy atom. The molecule has 0 saturated carbocycles. The summed E-state index contributed by atoms with van der Waals surface area (Å²) in [7, 11) is 1.71. The molecule has 0 aliphatic heterocycles. The molecule has 0 aromatic heterocycles. The fourth-order valence-electron chi connectivity index (χ4n) is 2.17. The highest BCUT2D eigenvalue weighted by Gasteiger charge is 2.33. The Hall–Kier alpha value is -1.75. The average molecular weight is 356 g/mol. The molecule has 1 nitrogen and oxygen atoms in total. The summed E-state index contributed by atoms with van der Waals surface area (Å²) in [4.78, 5) is 0. The van der Waals surface area contributed by atoms with E-state index < -0.39 is 11.7 Å². The third-order valence-corrected chi connectivity index (χ3v) is 3.81. The molecule has 0 amide bonds. The SMILES string of the molecule is C=C(c1ccccc1C(F)(F)F)c1cccc(Br)c1NC. The van der Waals surface area contributed by atoms with Gasteiger partial charge in [-0.15, -0.1) is 0 Å². The molecule has 0 saturated heterocycles. The number of hydrogen-bond donors (Lipinski definition) is 1. The van der Waals surface area contributed by atoms with Gasteiger partial charge in [0.25, 0.3) is 0 Å². The Bertz CT molecular complexity index is 677. The lowest BCUT2D eigenvalue weighted by atomic mass is 9.94. The van der Waals surface area contributed by atoms with E-state index in [0.717, 1.165) is 10.5 Å². The summed E-state index contributed by atoms with van der Waals surface area (Å²) in [5, 5.41) is 2.98. The summed E-state index contributed by atoms with van der Waals surface area (Å²) in [6.45, 7) is 3.86. The molecule has 0 bridgehead atoms. The standard InChI is InChI=1S/C16H13BrF3N/c1-10(12-7-5-9-14(17)15(12)21-2)11-6-3-4-8-13(11)16(18,19)20/h3-9,21H,1H2,2H3. The molecule has 0 atom stereocenters. The molecule has 0 aliphatic carbocycles. The van der Waals surface area contributed by atoms with Crippen LogP contribution in [0, 0.1) is 0 Å². The molecule has 2 rings (SSSR count). The summed E-state index contributed by atoms with van der Waals surface area (Å²) in [6, 6.07) is 10.8. The van der Waals surface area contributed by atoms with E-state index in [9.17, 15) is 13.2 Å². The third kappa shape index (κ3) is 3.13. The quantitative estimate of drug-likeness (QED) is 0.758. The number of alkyl halides is 3. The van der Waals surface area contributed by atoms with Crippen LogP contribution in [0.5, 0.6) is 0 Å². The second-order valence-electron chi connectivity index (χ2n) is 4.43. The maximum Gasteiger partial charge on any atom is 0.417 e. The van der Waals surface area contributed by atoms with Crippen molar-refractivity contribution in [3.63, 3.8) is 0 Å². The van der Waals surface area contributed by atoms with Crippen LogP contribution in [0.3, 0.4) is 0 Å². The van der Waals surface area contributed by atoms with Crippen LogP contribution in [0.25, 0.3) is 5.57 Å². The van der Waals surface area contributed by atoms with Crippen molar-refractivity contribution in [2.45, 2.75) is 6.18 Å². The molecular weight excluding hydrogens is 343 g/mol. The third-order valence-electron chi connectivity index (χ3n) is 3.15. The van der Waals surface area contributed by atoms with Crippen LogP contribution in [0.2, 0.25) is 0 Å². The molecule has 0 radical (unpaired) electrons. The summed E-state index contributed by atoms with van der Waals surface area (Å²) in [6.07, 6.45) is -4.41. The van der Waals surface area contributed by atoms with E-state index in [1.54, 1.807) is 25.2 Å². The number of hydrogen-bond acceptors (Lipinski definition) is 1. The lowest BCUT2D eigenvalue weighted by Crippen LogP contribution is -2.09. The van der Waals surface area contributed by atoms with Gasteiger partial charge in [0.15, 0.2) is 0 Å². The number of para-hydroxylation sites is 1. The van der Waals surface area contributed by atoms with Gasteiger partial charge in [0.05, 0.1) is 11.3 Å². The monoisotopic (exact) mass is 355 g/mol. The molecule has 0 heterocycles. The fraction of sp³-hybridized carbons (Fsp3) is 0.125. The Balaban J connectivity index is 2.59. The second-order valence-corrected chi connectivity index (χ2v) is 5.29. The summed E-state index contributed by atoms with van der Waals surface area (Å²) in [5.74, 6) is 0. The van der Waals surface area contributed by atoms with Crippen molar-refractivity contribution in [3.8, 4) is 0 Å². The highest BCUT2D eigenvalue weighted by atomic mass is 79.9. The summed E-state index contributed by atoms with van der Waals surface area (Å²) in [5.41, 5.74) is 1.06. The van der Waals surface area contributed by atoms with Crippen LogP contribution in [0.1, 0.15) is 16.7 Å². The molecule has 1 N–H and O–H groups in total. The first-order valence-corrected chi connectivity index (χ1v) is 6.97. The molecule has 0 aliphatic rings. The first kappa shape index (κ1) is 15.6. The minimum atomic E-state index is -4.41. The summed E-state index contributed by atoms with van der Waals surface area (Å²) >= 11 is 3.38. The molecule has 110 valence electrons. The maximum absolute atomic E-state index is 13.1. The first-order valence-electron chi connectivity index (χ1n) is 6.18. The van der Waals surface area contributed by atoms with Crippen molar-refractivity contribution >= 4 is 27.2 Å². The highest BCUT2D eigenvalue weighted by Crippen LogP contribution is 2.39. The molecular formula is C16H13BrF3N. The average Bonchev–Trinajstić information content (AvgIpc) is 2.45. The van der Waals surface area contributed by atoms with Crippen LogP contribution >= 0.6 is 15.9 Å². The van der Waals surface area contributed by atoms with Gasteiger partial charge >= 0.3 is 6.18 Å². The van der Waals surface area contributed by atoms with Crippen LogP contribution in [-0.4, -0.2) is 7.05 Å². The zero-order chi connectivity index (χ0) is 15.6. The van der Waals surface area contributed by atoms with E-state index in [1.807, 2.05) is 6.07 Å². The highest BCUT2D eigenvalue weighted by molar-refractivity contribution is 9.10. The molecule has 5 heteroatoms. The zero-order valence-corrected chi connectivity index (χ0v) is 12.8. The Morgan fingerprint density at radius 1 is 1.05 bits per heavy atom. The van der Waals surface area contributed by atoms with E-state index in [0.29, 0.717) is 16.8 Å². The zero-order valence-electron chi connectivity index (χ0n) is 11.3. The van der Waals surface area contributed by atoms with Crippen molar-refractivity contribution in [2.24, 2.45) is 0 Å². The fourth-order valence-corrected chi connectivity index (χ4v) is 2.73. The Kier molecular flexibility index (Phi) is 4.42. The van der Waals surface area contributed by atoms with Gasteiger partial charge in [-0.25, -0.2) is 0 Å². The van der Waals surface area contributed by atoms with E-state index in [1.165, 1.54) is 12.1 Å². The van der Waals surface area contributed by atoms with E-state index in [4.69, 9.17) is 0 Å². The van der Waals surface area contributed by atoms with Crippen molar-refractivity contribution in [3.05, 3.63) is 70.2 Å². The maximum atomic E-state index is 13.1. The Morgan fingerprint density at radius 2 is 1.67 bits per heavy atom. The topological polar surface area (TPSA) is 12.0 Å². The summed E-state index contributed by atoms with van der Waals surface area (Å²) < 4.78 is 40.1. The predicted molar refractivity (Wildman–Crippen MR) is 83.3 cm³/mol. The molecule has 0 unspecified atom stereocenters. The van der Waals surface area contributed by atoms with Gasteiger partial charge in [-0.05, 0) is 39.2 Å². The van der Waals surface area contributed by atoms with Crippen LogP contribution in [0.15, 0.2) is 53.5 Å². The predicted octanol–water partition coefficient (Wildman–Crippen LogP) is 5.57. The minimum absolute atomic E-state index is 0.0830. The van der Waals surface area contributed by atoms with Crippen LogP contribution in [-0.2, 0) is 6.18 Å². The van der Waals surface area contributed by atoms with Gasteiger partial charge in [-0.3, -0.25) is 0 Å². The molecule has 0 fully saturated rings. The van der Waals surface area contributed by atoms with E-state index in [-0.39, 0.29) is 5.56 Å². The smallest absolute Gasteiger partial charge is 0.387 e. The van der Waals surface area contributed by atoms with Gasteiger partial charge in [-0.2, -0.15) is 13.2 Å². The van der Waals surface area contributed by atoms with Crippen molar-refractivity contribution < 1.29 is 13.2 Å². The second kappa shape index (κ2) is 5.93. The normalized spacial score (nSPS) is 11.3. The van der Waals surface area contributed by atoms with E-state index >= 15 is 0 Å². The molecule has 0 spiro atoms. The van der Waals surface area contributed by atoms with Gasteiger partial charge in [0.1, 0.15) is 0 Å². The largest absolute Gasteiger partial charge is 0.417 e. The van der Waals surface area contributed by atoms with Gasteiger partial charge in [0.2, 0.25) is 0 Å². The van der Waals surface area contributed by atoms with Gasteiger partial charge in [-0.1, -0.05) is 36.9 Å². The number of halogens is 4. The Labute approximate surface area is 129 Å². The van der Waals surface area contributed by atoms with Crippen LogP contribution < -0.4 is 5.32 Å². The molecule has 2 aromatic carbocycles. The minimum Gasteiger partial charge on any atom is -0.387 e. The number of rotatable bonds is 3. The van der Waals surface area contributed by atoms with Crippen molar-refractivity contribution in [1.29, 1.82) is 0 Å². The number of benzene rings is 2.